The fourth-order valence-electron chi connectivity index (χ4n) is 2.53. The zero-order valence-corrected chi connectivity index (χ0v) is 13.8. The maximum atomic E-state index is 12.1. The van der Waals surface area contributed by atoms with Crippen molar-refractivity contribution in [3.05, 3.63) is 29.8 Å². The minimum atomic E-state index is -0.433. The van der Waals surface area contributed by atoms with Gasteiger partial charge in [0.25, 0.3) is 5.91 Å². The molecule has 1 aliphatic heterocycles. The number of ether oxygens (including phenoxy) is 1. The molecule has 0 radical (unpaired) electrons. The normalized spacial score (nSPS) is 18.8. The van der Waals surface area contributed by atoms with E-state index in [-0.39, 0.29) is 17.7 Å². The van der Waals surface area contributed by atoms with Gasteiger partial charge in [-0.2, -0.15) is 5.10 Å². The minimum absolute atomic E-state index is 0.0633. The molecule has 2 amide bonds. The van der Waals surface area contributed by atoms with Crippen molar-refractivity contribution in [2.45, 2.75) is 39.7 Å². The summed E-state index contributed by atoms with van der Waals surface area (Å²) in [7, 11) is 0. The van der Waals surface area contributed by atoms with Crippen molar-refractivity contribution in [2.24, 2.45) is 11.0 Å². The molecular weight excluding hydrogens is 294 g/mol. The number of hydrogen-bond acceptors (Lipinski definition) is 4. The number of hydrogen-bond donors (Lipinski definition) is 2. The summed E-state index contributed by atoms with van der Waals surface area (Å²) < 4.78 is 5.40. The molecule has 6 heteroatoms. The molecule has 1 aromatic rings. The number of carbonyl (C=O) groups is 2. The Morgan fingerprint density at radius 1 is 1.39 bits per heavy atom. The summed E-state index contributed by atoms with van der Waals surface area (Å²) in [6.07, 6.45) is 0.632. The van der Waals surface area contributed by atoms with E-state index in [1.54, 1.807) is 0 Å². The largest absolute Gasteiger partial charge is 0.369 e. The zero-order chi connectivity index (χ0) is 16.8. The van der Waals surface area contributed by atoms with E-state index in [0.717, 1.165) is 11.3 Å². The van der Waals surface area contributed by atoms with Gasteiger partial charge in [0.15, 0.2) is 0 Å². The van der Waals surface area contributed by atoms with Crippen LogP contribution in [0.15, 0.2) is 29.4 Å². The van der Waals surface area contributed by atoms with Crippen LogP contribution in [0.1, 0.15) is 39.2 Å². The summed E-state index contributed by atoms with van der Waals surface area (Å²) >= 11 is 0. The molecular formula is C17H23N3O3. The second-order valence-electron chi connectivity index (χ2n) is 5.56. The van der Waals surface area contributed by atoms with Crippen LogP contribution >= 0.6 is 0 Å². The molecule has 6 nitrogen and oxygen atoms in total. The van der Waals surface area contributed by atoms with Crippen molar-refractivity contribution in [3.8, 4) is 0 Å². The van der Waals surface area contributed by atoms with Crippen LogP contribution in [-0.4, -0.2) is 30.2 Å². The first-order chi connectivity index (χ1) is 11.0. The van der Waals surface area contributed by atoms with Gasteiger partial charge in [-0.15, -0.1) is 0 Å². The van der Waals surface area contributed by atoms with Crippen molar-refractivity contribution < 1.29 is 14.3 Å². The standard InChI is InChI=1S/C17H23N3O3/c1-4-14(23-5-2)17(22)18-13-8-6-12(7-9-13)16-11(3)10-15(21)19-20-16/h6-9,11,14H,4-5,10H2,1-3H3,(H,18,22)(H,19,21). The van der Waals surface area contributed by atoms with Gasteiger partial charge in [0.1, 0.15) is 6.10 Å². The highest BCUT2D eigenvalue weighted by atomic mass is 16.5. The number of nitrogens with zero attached hydrogens (tertiary/aromatic N) is 1. The average molecular weight is 317 g/mol. The number of benzene rings is 1. The molecule has 0 aromatic heterocycles. The molecule has 1 heterocycles. The van der Waals surface area contributed by atoms with Crippen LogP contribution in [0.5, 0.6) is 0 Å². The molecule has 23 heavy (non-hydrogen) atoms. The summed E-state index contributed by atoms with van der Waals surface area (Å²) in [5.74, 6) is -0.129. The molecule has 1 aromatic carbocycles. The number of nitrogens with one attached hydrogen (secondary N) is 2. The van der Waals surface area contributed by atoms with Gasteiger partial charge in [0.2, 0.25) is 5.91 Å². The number of hydrazone groups is 1. The Morgan fingerprint density at radius 2 is 2.09 bits per heavy atom. The van der Waals surface area contributed by atoms with Gasteiger partial charge >= 0.3 is 0 Å². The van der Waals surface area contributed by atoms with E-state index in [9.17, 15) is 9.59 Å². The zero-order valence-electron chi connectivity index (χ0n) is 13.8. The molecule has 0 fully saturated rings. The summed E-state index contributed by atoms with van der Waals surface area (Å²) in [5.41, 5.74) is 5.01. The summed E-state index contributed by atoms with van der Waals surface area (Å²) in [4.78, 5) is 23.4. The lowest BCUT2D eigenvalue weighted by atomic mass is 9.94. The van der Waals surface area contributed by atoms with E-state index in [1.807, 2.05) is 45.0 Å². The molecule has 124 valence electrons. The fraction of sp³-hybridized carbons (Fsp3) is 0.471. The second-order valence-corrected chi connectivity index (χ2v) is 5.56. The topological polar surface area (TPSA) is 79.8 Å². The van der Waals surface area contributed by atoms with Gasteiger partial charge in [-0.05, 0) is 31.0 Å². The first kappa shape index (κ1) is 17.1. The van der Waals surface area contributed by atoms with E-state index < -0.39 is 6.10 Å². The number of rotatable bonds is 6. The summed E-state index contributed by atoms with van der Waals surface area (Å²) in [5, 5.41) is 6.98. The van der Waals surface area contributed by atoms with Gasteiger partial charge in [-0.1, -0.05) is 26.0 Å². The van der Waals surface area contributed by atoms with Crippen molar-refractivity contribution in [1.82, 2.24) is 5.43 Å². The Morgan fingerprint density at radius 3 is 2.65 bits per heavy atom. The molecule has 2 atom stereocenters. The van der Waals surface area contributed by atoms with Crippen LogP contribution in [-0.2, 0) is 14.3 Å². The van der Waals surface area contributed by atoms with Crippen LogP contribution in [0.25, 0.3) is 0 Å². The molecule has 2 unspecified atom stereocenters. The summed E-state index contributed by atoms with van der Waals surface area (Å²) in [6, 6.07) is 7.45. The van der Waals surface area contributed by atoms with Gasteiger partial charge < -0.3 is 10.1 Å². The van der Waals surface area contributed by atoms with E-state index in [0.29, 0.717) is 25.1 Å². The molecule has 0 spiro atoms. The van der Waals surface area contributed by atoms with Crippen LogP contribution in [0, 0.1) is 5.92 Å². The molecule has 0 saturated carbocycles. The highest BCUT2D eigenvalue weighted by Gasteiger charge is 2.21. The smallest absolute Gasteiger partial charge is 0.253 e. The van der Waals surface area contributed by atoms with Crippen molar-refractivity contribution in [1.29, 1.82) is 0 Å². The summed E-state index contributed by atoms with van der Waals surface area (Å²) in [6.45, 7) is 6.27. The maximum absolute atomic E-state index is 12.1. The number of anilines is 1. The quantitative estimate of drug-likeness (QED) is 0.845. The highest BCUT2D eigenvalue weighted by Crippen LogP contribution is 2.18. The molecule has 0 saturated heterocycles. The Labute approximate surface area is 136 Å². The van der Waals surface area contributed by atoms with Crippen LogP contribution in [0.3, 0.4) is 0 Å². The van der Waals surface area contributed by atoms with E-state index in [2.05, 4.69) is 15.8 Å². The molecule has 2 rings (SSSR count). The Kier molecular flexibility index (Phi) is 5.87. The highest BCUT2D eigenvalue weighted by molar-refractivity contribution is 6.06. The van der Waals surface area contributed by atoms with Crippen molar-refractivity contribution in [3.63, 3.8) is 0 Å². The van der Waals surface area contributed by atoms with Crippen LogP contribution in [0.2, 0.25) is 0 Å². The maximum Gasteiger partial charge on any atom is 0.253 e. The first-order valence-corrected chi connectivity index (χ1v) is 7.94. The van der Waals surface area contributed by atoms with Gasteiger partial charge in [0, 0.05) is 24.6 Å². The monoisotopic (exact) mass is 317 g/mol. The van der Waals surface area contributed by atoms with E-state index in [4.69, 9.17) is 4.74 Å². The predicted molar refractivity (Wildman–Crippen MR) is 89.2 cm³/mol. The van der Waals surface area contributed by atoms with Gasteiger partial charge in [0.05, 0.1) is 5.71 Å². The third kappa shape index (κ3) is 4.39. The van der Waals surface area contributed by atoms with Gasteiger partial charge in [-0.3, -0.25) is 9.59 Å². The van der Waals surface area contributed by atoms with Crippen molar-refractivity contribution in [2.75, 3.05) is 11.9 Å². The Bertz CT molecular complexity index is 596. The number of carbonyl (C=O) groups excluding carboxylic acids is 2. The third-order valence-corrected chi connectivity index (χ3v) is 3.74. The fourth-order valence-corrected chi connectivity index (χ4v) is 2.53. The lowest BCUT2D eigenvalue weighted by Gasteiger charge is -2.19. The van der Waals surface area contributed by atoms with E-state index >= 15 is 0 Å². The second kappa shape index (κ2) is 7.87. The van der Waals surface area contributed by atoms with Gasteiger partial charge in [-0.25, -0.2) is 5.43 Å². The molecule has 1 aliphatic rings. The van der Waals surface area contributed by atoms with Crippen molar-refractivity contribution >= 4 is 23.2 Å². The third-order valence-electron chi connectivity index (χ3n) is 3.74. The molecule has 0 bridgehead atoms. The average Bonchev–Trinajstić information content (AvgIpc) is 2.53. The minimum Gasteiger partial charge on any atom is -0.369 e. The van der Waals surface area contributed by atoms with E-state index in [1.165, 1.54) is 0 Å². The SMILES string of the molecule is CCOC(CC)C(=O)Nc1ccc(C2=NNC(=O)CC2C)cc1. The Hall–Kier alpha value is -2.21. The predicted octanol–water partition coefficient (Wildman–Crippen LogP) is 2.30. The molecule has 2 N–H and O–H groups in total. The van der Waals surface area contributed by atoms with Crippen LogP contribution in [0.4, 0.5) is 5.69 Å². The lowest BCUT2D eigenvalue weighted by molar-refractivity contribution is -0.127. The first-order valence-electron chi connectivity index (χ1n) is 7.94. The number of amides is 2. The molecule has 0 aliphatic carbocycles. The Balaban J connectivity index is 2.05. The lowest BCUT2D eigenvalue weighted by Crippen LogP contribution is -2.32. The van der Waals surface area contributed by atoms with Crippen LogP contribution < -0.4 is 10.7 Å².